The Morgan fingerprint density at radius 2 is 2.12 bits per heavy atom. The van der Waals surface area contributed by atoms with Crippen LogP contribution in [0.15, 0.2) is 17.7 Å². The maximum atomic E-state index is 10.9. The van der Waals surface area contributed by atoms with Gasteiger partial charge in [0.15, 0.2) is 0 Å². The molecule has 1 aliphatic heterocycles. The predicted molar refractivity (Wildman–Crippen MR) is 62.2 cm³/mol. The summed E-state index contributed by atoms with van der Waals surface area (Å²) >= 11 is 11.8. The number of carboxylic acids is 1. The fraction of sp³-hybridized carbons (Fsp3) is 0.182. The van der Waals surface area contributed by atoms with Crippen LogP contribution in [0.5, 0.6) is 5.75 Å². The average Bonchev–Trinajstić information content (AvgIpc) is 2.18. The molecule has 0 amide bonds. The molecule has 0 saturated carbocycles. The molecule has 1 aliphatic rings. The molecule has 1 unspecified atom stereocenters. The van der Waals surface area contributed by atoms with Crippen molar-refractivity contribution in [2.24, 2.45) is 0 Å². The molecular weight excluding hydrogens is 251 g/mol. The summed E-state index contributed by atoms with van der Waals surface area (Å²) < 4.78 is 5.45. The Balaban J connectivity index is 2.59. The average molecular weight is 259 g/mol. The Kier molecular flexibility index (Phi) is 2.82. The van der Waals surface area contributed by atoms with Crippen molar-refractivity contribution in [2.45, 2.75) is 13.0 Å². The van der Waals surface area contributed by atoms with Crippen molar-refractivity contribution in [1.29, 1.82) is 0 Å². The van der Waals surface area contributed by atoms with Crippen LogP contribution in [-0.4, -0.2) is 17.2 Å². The van der Waals surface area contributed by atoms with Gasteiger partial charge in [0, 0.05) is 10.6 Å². The van der Waals surface area contributed by atoms with Crippen molar-refractivity contribution in [2.75, 3.05) is 0 Å². The van der Waals surface area contributed by atoms with E-state index in [0.717, 1.165) is 0 Å². The number of hydrogen-bond acceptors (Lipinski definition) is 2. The molecule has 0 aromatic heterocycles. The zero-order valence-electron chi connectivity index (χ0n) is 8.33. The largest absolute Gasteiger partial charge is 0.484 e. The molecule has 1 aromatic carbocycles. The number of carboxylic acid groups (broad SMARTS) is 1. The van der Waals surface area contributed by atoms with Gasteiger partial charge >= 0.3 is 5.97 Å². The smallest absolute Gasteiger partial charge is 0.335 e. The van der Waals surface area contributed by atoms with Crippen LogP contribution < -0.4 is 4.74 Å². The van der Waals surface area contributed by atoms with Crippen LogP contribution in [0.3, 0.4) is 0 Å². The molecule has 1 atom stereocenters. The van der Waals surface area contributed by atoms with E-state index in [9.17, 15) is 4.79 Å². The summed E-state index contributed by atoms with van der Waals surface area (Å²) in [6, 6.07) is 3.19. The minimum atomic E-state index is -1.01. The predicted octanol–water partition coefficient (Wildman–Crippen LogP) is 3.24. The van der Waals surface area contributed by atoms with Crippen LogP contribution in [0.2, 0.25) is 10.0 Å². The molecule has 0 radical (unpaired) electrons. The van der Waals surface area contributed by atoms with Gasteiger partial charge in [0.2, 0.25) is 0 Å². The van der Waals surface area contributed by atoms with E-state index in [1.54, 1.807) is 19.1 Å². The van der Waals surface area contributed by atoms with Gasteiger partial charge in [0.1, 0.15) is 11.9 Å². The second kappa shape index (κ2) is 4.00. The SMILES string of the molecule is CC1Oc2c(Cl)cc(Cl)cc2C=C1C(=O)O. The fourth-order valence-corrected chi connectivity index (χ4v) is 2.13. The highest BCUT2D eigenvalue weighted by atomic mass is 35.5. The summed E-state index contributed by atoms with van der Waals surface area (Å²) in [7, 11) is 0. The number of halogens is 2. The van der Waals surface area contributed by atoms with Crippen molar-refractivity contribution in [3.05, 3.63) is 33.3 Å². The monoisotopic (exact) mass is 258 g/mol. The lowest BCUT2D eigenvalue weighted by Gasteiger charge is -2.23. The number of carbonyl (C=O) groups is 1. The van der Waals surface area contributed by atoms with Crippen molar-refractivity contribution in [1.82, 2.24) is 0 Å². The number of hydrogen-bond donors (Lipinski definition) is 1. The molecule has 2 rings (SSSR count). The van der Waals surface area contributed by atoms with Gasteiger partial charge < -0.3 is 9.84 Å². The molecular formula is C11H8Cl2O3. The molecule has 0 bridgehead atoms. The molecule has 16 heavy (non-hydrogen) atoms. The Bertz CT molecular complexity index is 494. The van der Waals surface area contributed by atoms with Gasteiger partial charge in [-0.1, -0.05) is 23.2 Å². The lowest BCUT2D eigenvalue weighted by atomic mass is 10.0. The molecule has 1 heterocycles. The first-order valence-electron chi connectivity index (χ1n) is 4.59. The van der Waals surface area contributed by atoms with Gasteiger partial charge in [-0.3, -0.25) is 0 Å². The number of ether oxygens (including phenoxy) is 1. The highest BCUT2D eigenvalue weighted by Gasteiger charge is 2.25. The van der Waals surface area contributed by atoms with Gasteiger partial charge in [-0.2, -0.15) is 0 Å². The van der Waals surface area contributed by atoms with Gasteiger partial charge in [-0.25, -0.2) is 4.79 Å². The first-order chi connectivity index (χ1) is 7.49. The summed E-state index contributed by atoms with van der Waals surface area (Å²) in [5, 5.41) is 9.79. The van der Waals surface area contributed by atoms with Crippen molar-refractivity contribution < 1.29 is 14.6 Å². The third-order valence-electron chi connectivity index (χ3n) is 2.33. The van der Waals surface area contributed by atoms with Gasteiger partial charge in [0.25, 0.3) is 0 Å². The topological polar surface area (TPSA) is 46.5 Å². The van der Waals surface area contributed by atoms with Gasteiger partial charge in [0.05, 0.1) is 10.6 Å². The van der Waals surface area contributed by atoms with Crippen LogP contribution in [-0.2, 0) is 4.79 Å². The van der Waals surface area contributed by atoms with E-state index in [1.807, 2.05) is 0 Å². The third-order valence-corrected chi connectivity index (χ3v) is 2.83. The van der Waals surface area contributed by atoms with E-state index >= 15 is 0 Å². The normalized spacial score (nSPS) is 18.4. The van der Waals surface area contributed by atoms with Gasteiger partial charge in [-0.15, -0.1) is 0 Å². The highest BCUT2D eigenvalue weighted by Crippen LogP contribution is 2.38. The zero-order valence-corrected chi connectivity index (χ0v) is 9.84. The molecule has 3 nitrogen and oxygen atoms in total. The molecule has 84 valence electrons. The molecule has 0 fully saturated rings. The second-order valence-corrected chi connectivity index (χ2v) is 4.31. The van der Waals surface area contributed by atoms with Crippen LogP contribution in [0.1, 0.15) is 12.5 Å². The molecule has 1 aromatic rings. The van der Waals surface area contributed by atoms with E-state index in [-0.39, 0.29) is 5.57 Å². The number of benzene rings is 1. The van der Waals surface area contributed by atoms with Crippen LogP contribution in [0, 0.1) is 0 Å². The summed E-state index contributed by atoms with van der Waals surface area (Å²) in [6.45, 7) is 1.66. The van der Waals surface area contributed by atoms with Crippen molar-refractivity contribution in [3.8, 4) is 5.75 Å². The number of rotatable bonds is 1. The Morgan fingerprint density at radius 3 is 2.75 bits per heavy atom. The Labute approximate surface area is 102 Å². The second-order valence-electron chi connectivity index (χ2n) is 3.47. The molecule has 0 aliphatic carbocycles. The maximum absolute atomic E-state index is 10.9. The summed E-state index contributed by atoms with van der Waals surface area (Å²) in [4.78, 5) is 10.9. The van der Waals surface area contributed by atoms with Crippen LogP contribution in [0.25, 0.3) is 6.08 Å². The molecule has 1 N–H and O–H groups in total. The summed E-state index contributed by atoms with van der Waals surface area (Å²) in [5.74, 6) is -0.530. The highest BCUT2D eigenvalue weighted by molar-refractivity contribution is 6.36. The fourth-order valence-electron chi connectivity index (χ4n) is 1.57. The number of aliphatic carboxylic acids is 1. The Hall–Kier alpha value is -1.19. The van der Waals surface area contributed by atoms with Crippen molar-refractivity contribution >= 4 is 35.2 Å². The lowest BCUT2D eigenvalue weighted by Crippen LogP contribution is -2.24. The molecule has 5 heteroatoms. The maximum Gasteiger partial charge on any atom is 0.335 e. The van der Waals surface area contributed by atoms with E-state index in [2.05, 4.69) is 0 Å². The van der Waals surface area contributed by atoms with Crippen LogP contribution >= 0.6 is 23.2 Å². The van der Waals surface area contributed by atoms with Crippen molar-refractivity contribution in [3.63, 3.8) is 0 Å². The lowest BCUT2D eigenvalue weighted by molar-refractivity contribution is -0.133. The summed E-state index contributed by atoms with van der Waals surface area (Å²) in [6.07, 6.45) is 1.01. The number of fused-ring (bicyclic) bond motifs is 1. The standard InChI is InChI=1S/C11H8Cl2O3/c1-5-8(11(14)15)3-6-2-7(12)4-9(13)10(6)16-5/h2-5H,1H3,(H,14,15). The summed E-state index contributed by atoms with van der Waals surface area (Å²) in [5.41, 5.74) is 0.777. The first kappa shape index (κ1) is 11.3. The minimum absolute atomic E-state index is 0.186. The Morgan fingerprint density at radius 1 is 1.44 bits per heavy atom. The van der Waals surface area contributed by atoms with Gasteiger partial charge in [-0.05, 0) is 25.1 Å². The molecule has 0 spiro atoms. The minimum Gasteiger partial charge on any atom is -0.484 e. The van der Waals surface area contributed by atoms with E-state index in [4.69, 9.17) is 33.0 Å². The first-order valence-corrected chi connectivity index (χ1v) is 5.35. The van der Waals surface area contributed by atoms with Crippen LogP contribution in [0.4, 0.5) is 0 Å². The quantitative estimate of drug-likeness (QED) is 0.842. The van der Waals surface area contributed by atoms with E-state index in [0.29, 0.717) is 21.4 Å². The van der Waals surface area contributed by atoms with E-state index in [1.165, 1.54) is 6.08 Å². The van der Waals surface area contributed by atoms with E-state index < -0.39 is 12.1 Å². The molecule has 0 saturated heterocycles. The third kappa shape index (κ3) is 1.88. The zero-order chi connectivity index (χ0) is 11.9.